The molecule has 0 aliphatic carbocycles. The molecule has 1 atom stereocenters. The first-order chi connectivity index (χ1) is 11.4. The molecule has 0 bridgehead atoms. The molecule has 24 heavy (non-hydrogen) atoms. The van der Waals surface area contributed by atoms with Gasteiger partial charge in [0.15, 0.2) is 5.16 Å². The maximum atomic E-state index is 12.6. The molecule has 0 fully saturated rings. The number of aliphatic hydroxyl groups excluding tert-OH is 1. The fraction of sp³-hybridized carbons (Fsp3) is 0.333. The Morgan fingerprint density at radius 1 is 1.42 bits per heavy atom. The Labute approximate surface area is 142 Å². The number of carbonyl (C=O) groups excluding carboxylic acids is 2. The lowest BCUT2D eigenvalue weighted by Crippen LogP contribution is -2.39. The third-order valence-electron chi connectivity index (χ3n) is 3.26. The molecular weight excluding hydrogens is 332 g/mol. The second-order valence-corrected chi connectivity index (χ2v) is 6.37. The number of aliphatic hydroxyl groups is 1. The van der Waals surface area contributed by atoms with Crippen LogP contribution in [0.1, 0.15) is 13.3 Å². The maximum absolute atomic E-state index is 12.6. The molecule has 4 N–H and O–H groups in total. The number of thioether (sulfide) groups is 1. The number of para-hydroxylation sites is 1. The number of imide groups is 1. The van der Waals surface area contributed by atoms with Crippen molar-refractivity contribution in [3.05, 3.63) is 34.6 Å². The Morgan fingerprint density at radius 2 is 2.12 bits per heavy atom. The van der Waals surface area contributed by atoms with Crippen LogP contribution in [0.5, 0.6) is 0 Å². The largest absolute Gasteiger partial charge is 0.396 e. The number of urea groups is 1. The normalized spacial score (nSPS) is 12.1. The molecule has 2 rings (SSSR count). The molecule has 0 spiro atoms. The second-order valence-electron chi connectivity index (χ2n) is 5.06. The van der Waals surface area contributed by atoms with Crippen LogP contribution in [0.15, 0.2) is 34.2 Å². The Balaban J connectivity index is 2.41. The zero-order chi connectivity index (χ0) is 17.7. The van der Waals surface area contributed by atoms with Crippen molar-refractivity contribution < 1.29 is 14.7 Å². The molecule has 1 heterocycles. The quantitative estimate of drug-likeness (QED) is 0.513. The van der Waals surface area contributed by atoms with Crippen LogP contribution in [0.4, 0.5) is 4.79 Å². The zero-order valence-corrected chi connectivity index (χ0v) is 13.9. The SMILES string of the molecule is C[C@@H](Sc1nc2ccccc2c(=O)n1CCCO)C(=O)NC(N)=O. The summed E-state index contributed by atoms with van der Waals surface area (Å²) in [5.41, 5.74) is 5.22. The first-order valence-electron chi connectivity index (χ1n) is 7.31. The monoisotopic (exact) mass is 350 g/mol. The molecule has 0 unspecified atom stereocenters. The van der Waals surface area contributed by atoms with Crippen molar-refractivity contribution >= 4 is 34.6 Å². The summed E-state index contributed by atoms with van der Waals surface area (Å²) >= 11 is 1.05. The summed E-state index contributed by atoms with van der Waals surface area (Å²) in [6, 6.07) is 5.97. The summed E-state index contributed by atoms with van der Waals surface area (Å²) in [7, 11) is 0. The van der Waals surface area contributed by atoms with Gasteiger partial charge in [-0.3, -0.25) is 19.5 Å². The maximum Gasteiger partial charge on any atom is 0.318 e. The summed E-state index contributed by atoms with van der Waals surface area (Å²) in [5.74, 6) is -0.566. The summed E-state index contributed by atoms with van der Waals surface area (Å²) in [6.45, 7) is 1.79. The van der Waals surface area contributed by atoms with E-state index in [2.05, 4.69) is 4.98 Å². The number of carbonyl (C=O) groups is 2. The molecule has 1 aromatic heterocycles. The van der Waals surface area contributed by atoms with Crippen molar-refractivity contribution in [2.45, 2.75) is 30.3 Å². The number of amides is 3. The number of primary amides is 1. The van der Waals surface area contributed by atoms with Gasteiger partial charge < -0.3 is 10.8 Å². The second kappa shape index (κ2) is 7.93. The van der Waals surface area contributed by atoms with Crippen molar-refractivity contribution in [2.75, 3.05) is 6.61 Å². The van der Waals surface area contributed by atoms with E-state index in [4.69, 9.17) is 10.8 Å². The van der Waals surface area contributed by atoms with Gasteiger partial charge >= 0.3 is 6.03 Å². The van der Waals surface area contributed by atoms with Crippen LogP contribution in [0, 0.1) is 0 Å². The molecule has 9 heteroatoms. The van der Waals surface area contributed by atoms with Gasteiger partial charge in [0.05, 0.1) is 16.2 Å². The highest BCUT2D eigenvalue weighted by Crippen LogP contribution is 2.22. The predicted octanol–water partition coefficient (Wildman–Crippen LogP) is 0.454. The van der Waals surface area contributed by atoms with E-state index < -0.39 is 17.2 Å². The van der Waals surface area contributed by atoms with Gasteiger partial charge in [0.2, 0.25) is 5.91 Å². The smallest absolute Gasteiger partial charge is 0.318 e. The van der Waals surface area contributed by atoms with Crippen LogP contribution in [0.25, 0.3) is 10.9 Å². The third-order valence-corrected chi connectivity index (χ3v) is 4.35. The number of hydrogen-bond acceptors (Lipinski definition) is 6. The van der Waals surface area contributed by atoms with Crippen molar-refractivity contribution in [3.8, 4) is 0 Å². The number of aromatic nitrogens is 2. The minimum atomic E-state index is -0.934. The van der Waals surface area contributed by atoms with Crippen molar-refractivity contribution in [3.63, 3.8) is 0 Å². The van der Waals surface area contributed by atoms with Gasteiger partial charge in [-0.05, 0) is 25.5 Å². The number of rotatable bonds is 6. The Morgan fingerprint density at radius 3 is 2.79 bits per heavy atom. The Kier molecular flexibility index (Phi) is 5.93. The standard InChI is InChI=1S/C15H18N4O4S/c1-9(12(21)18-14(16)23)24-15-17-11-6-3-2-5-10(11)13(22)19(15)7-4-8-20/h2-3,5-6,9,20H,4,7-8H2,1H3,(H3,16,18,21,23)/t9-/m1/s1. The average molecular weight is 350 g/mol. The van der Waals surface area contributed by atoms with E-state index in [9.17, 15) is 14.4 Å². The Bertz CT molecular complexity index is 821. The highest BCUT2D eigenvalue weighted by atomic mass is 32.2. The van der Waals surface area contributed by atoms with Gasteiger partial charge in [-0.2, -0.15) is 0 Å². The van der Waals surface area contributed by atoms with E-state index in [-0.39, 0.29) is 18.7 Å². The molecule has 0 aliphatic heterocycles. The highest BCUT2D eigenvalue weighted by molar-refractivity contribution is 8.00. The lowest BCUT2D eigenvalue weighted by Gasteiger charge is -2.15. The number of nitrogens with zero attached hydrogens (tertiary/aromatic N) is 2. The molecule has 0 saturated heterocycles. The Hall–Kier alpha value is -2.39. The minimum Gasteiger partial charge on any atom is -0.396 e. The van der Waals surface area contributed by atoms with Crippen molar-refractivity contribution in [1.29, 1.82) is 0 Å². The number of fused-ring (bicyclic) bond motifs is 1. The van der Waals surface area contributed by atoms with Gasteiger partial charge in [0.1, 0.15) is 0 Å². The van der Waals surface area contributed by atoms with Crippen LogP contribution < -0.4 is 16.6 Å². The van der Waals surface area contributed by atoms with Gasteiger partial charge in [-0.1, -0.05) is 23.9 Å². The van der Waals surface area contributed by atoms with Crippen molar-refractivity contribution in [1.82, 2.24) is 14.9 Å². The van der Waals surface area contributed by atoms with E-state index in [1.807, 2.05) is 5.32 Å². The van der Waals surface area contributed by atoms with E-state index in [0.717, 1.165) is 11.8 Å². The topological polar surface area (TPSA) is 127 Å². The van der Waals surface area contributed by atoms with Crippen LogP contribution in [-0.4, -0.2) is 38.5 Å². The molecule has 1 aromatic carbocycles. The van der Waals surface area contributed by atoms with Gasteiger partial charge in [-0.25, -0.2) is 9.78 Å². The molecule has 0 aliphatic rings. The lowest BCUT2D eigenvalue weighted by atomic mass is 10.2. The van der Waals surface area contributed by atoms with E-state index in [1.165, 1.54) is 4.57 Å². The van der Waals surface area contributed by atoms with Crippen LogP contribution in [-0.2, 0) is 11.3 Å². The summed E-state index contributed by atoms with van der Waals surface area (Å²) in [4.78, 5) is 39.7. The molecule has 128 valence electrons. The fourth-order valence-electron chi connectivity index (χ4n) is 2.10. The number of nitrogens with one attached hydrogen (secondary N) is 1. The number of nitrogens with two attached hydrogens (primary N) is 1. The van der Waals surface area contributed by atoms with Gasteiger partial charge in [0, 0.05) is 13.2 Å². The summed E-state index contributed by atoms with van der Waals surface area (Å²) < 4.78 is 1.43. The molecule has 0 saturated carbocycles. The number of hydrogen-bond donors (Lipinski definition) is 3. The first-order valence-corrected chi connectivity index (χ1v) is 8.19. The average Bonchev–Trinajstić information content (AvgIpc) is 2.54. The van der Waals surface area contributed by atoms with Crippen LogP contribution in [0.3, 0.4) is 0 Å². The lowest BCUT2D eigenvalue weighted by molar-refractivity contribution is -0.119. The van der Waals surface area contributed by atoms with E-state index >= 15 is 0 Å². The first kappa shape index (κ1) is 18.0. The highest BCUT2D eigenvalue weighted by Gasteiger charge is 2.20. The molecule has 0 radical (unpaired) electrons. The number of benzene rings is 1. The predicted molar refractivity (Wildman–Crippen MR) is 90.8 cm³/mol. The minimum absolute atomic E-state index is 0.0684. The molecule has 3 amide bonds. The molecule has 8 nitrogen and oxygen atoms in total. The summed E-state index contributed by atoms with van der Waals surface area (Å²) in [6.07, 6.45) is 0.384. The van der Waals surface area contributed by atoms with E-state index in [0.29, 0.717) is 22.5 Å². The molecular formula is C15H18N4O4S. The van der Waals surface area contributed by atoms with Gasteiger partial charge in [0.25, 0.3) is 5.56 Å². The summed E-state index contributed by atoms with van der Waals surface area (Å²) in [5, 5.41) is 11.2. The van der Waals surface area contributed by atoms with Crippen LogP contribution in [0.2, 0.25) is 0 Å². The van der Waals surface area contributed by atoms with Crippen LogP contribution >= 0.6 is 11.8 Å². The zero-order valence-electron chi connectivity index (χ0n) is 13.1. The third kappa shape index (κ3) is 4.12. The molecule has 2 aromatic rings. The van der Waals surface area contributed by atoms with Gasteiger partial charge in [-0.15, -0.1) is 0 Å². The fourth-order valence-corrected chi connectivity index (χ4v) is 3.03. The van der Waals surface area contributed by atoms with E-state index in [1.54, 1.807) is 31.2 Å². The van der Waals surface area contributed by atoms with Crippen molar-refractivity contribution in [2.24, 2.45) is 5.73 Å².